The topological polar surface area (TPSA) is 85.5 Å². The van der Waals surface area contributed by atoms with Crippen LogP contribution in [-0.2, 0) is 22.4 Å². The minimum Gasteiger partial charge on any atom is -0.381 e. The van der Waals surface area contributed by atoms with Crippen LogP contribution in [-0.4, -0.2) is 48.0 Å². The summed E-state index contributed by atoms with van der Waals surface area (Å²) in [6.45, 7) is 1.91. The number of nitrogens with two attached hydrogens (primary N) is 1. The standard InChI is InChI=1S/C18H23N3O3/c19-17(23)18-7-8-24-10-13(18)9-21(11-18)16(22)15-6-5-12-3-1-2-4-14(12)20-15/h5-6,13H,1-4,7-11H2,(H2,19,23)/t13-,18+/m1/s1. The molecule has 6 heteroatoms. The molecule has 3 aliphatic rings. The molecule has 2 amide bonds. The first-order valence-electron chi connectivity index (χ1n) is 8.76. The Hall–Kier alpha value is -1.95. The van der Waals surface area contributed by atoms with Crippen LogP contribution < -0.4 is 5.73 Å². The molecule has 0 bridgehead atoms. The second kappa shape index (κ2) is 5.84. The number of fused-ring (bicyclic) bond motifs is 2. The van der Waals surface area contributed by atoms with Crippen molar-refractivity contribution in [1.82, 2.24) is 9.88 Å². The molecule has 1 aromatic heterocycles. The number of pyridine rings is 1. The molecule has 1 aliphatic carbocycles. The van der Waals surface area contributed by atoms with Crippen LogP contribution in [0.1, 0.15) is 41.0 Å². The summed E-state index contributed by atoms with van der Waals surface area (Å²) in [4.78, 5) is 31.3. The minimum atomic E-state index is -0.637. The van der Waals surface area contributed by atoms with Crippen LogP contribution in [0, 0.1) is 11.3 Å². The smallest absolute Gasteiger partial charge is 0.272 e. The van der Waals surface area contributed by atoms with Crippen molar-refractivity contribution in [3.8, 4) is 0 Å². The summed E-state index contributed by atoms with van der Waals surface area (Å²) in [5, 5.41) is 0. The number of carbonyl (C=O) groups is 2. The van der Waals surface area contributed by atoms with Crippen LogP contribution in [0.5, 0.6) is 0 Å². The van der Waals surface area contributed by atoms with Crippen molar-refractivity contribution in [2.24, 2.45) is 17.1 Å². The summed E-state index contributed by atoms with van der Waals surface area (Å²) < 4.78 is 5.51. The number of primary amides is 1. The summed E-state index contributed by atoms with van der Waals surface area (Å²) in [5.74, 6) is -0.423. The monoisotopic (exact) mass is 329 g/mol. The summed E-state index contributed by atoms with van der Waals surface area (Å²) in [5.41, 5.74) is 7.84. The van der Waals surface area contributed by atoms with Crippen molar-refractivity contribution in [2.45, 2.75) is 32.1 Å². The highest BCUT2D eigenvalue weighted by Gasteiger charge is 2.53. The molecule has 2 fully saturated rings. The number of aromatic nitrogens is 1. The van der Waals surface area contributed by atoms with Gasteiger partial charge in [0.05, 0.1) is 12.0 Å². The number of hydrogen-bond acceptors (Lipinski definition) is 4. The first kappa shape index (κ1) is 15.6. The quantitative estimate of drug-likeness (QED) is 0.874. The summed E-state index contributed by atoms with van der Waals surface area (Å²) >= 11 is 0. The Morgan fingerprint density at radius 3 is 2.92 bits per heavy atom. The van der Waals surface area contributed by atoms with E-state index in [1.165, 1.54) is 12.0 Å². The van der Waals surface area contributed by atoms with Gasteiger partial charge in [-0.25, -0.2) is 4.98 Å². The van der Waals surface area contributed by atoms with Crippen LogP contribution in [0.2, 0.25) is 0 Å². The number of carbonyl (C=O) groups excluding carboxylic acids is 2. The van der Waals surface area contributed by atoms with E-state index in [0.717, 1.165) is 25.0 Å². The maximum Gasteiger partial charge on any atom is 0.272 e. The number of likely N-dealkylation sites (tertiary alicyclic amines) is 1. The summed E-state index contributed by atoms with van der Waals surface area (Å²) in [7, 11) is 0. The van der Waals surface area contributed by atoms with E-state index in [4.69, 9.17) is 10.5 Å². The number of rotatable bonds is 2. The van der Waals surface area contributed by atoms with Gasteiger partial charge in [0.25, 0.3) is 5.91 Å². The third-order valence-corrected chi connectivity index (χ3v) is 5.88. The normalized spacial score (nSPS) is 29.0. The zero-order chi connectivity index (χ0) is 16.7. The number of hydrogen-bond donors (Lipinski definition) is 1. The summed E-state index contributed by atoms with van der Waals surface area (Å²) in [6.07, 6.45) is 4.90. The van der Waals surface area contributed by atoms with Gasteiger partial charge >= 0.3 is 0 Å². The van der Waals surface area contributed by atoms with Crippen LogP contribution in [0.25, 0.3) is 0 Å². The van der Waals surface area contributed by atoms with Crippen LogP contribution in [0.4, 0.5) is 0 Å². The van der Waals surface area contributed by atoms with E-state index in [0.29, 0.717) is 38.4 Å². The molecule has 4 rings (SSSR count). The average molecular weight is 329 g/mol. The largest absolute Gasteiger partial charge is 0.381 e. The highest BCUT2D eigenvalue weighted by atomic mass is 16.5. The Labute approximate surface area is 141 Å². The summed E-state index contributed by atoms with van der Waals surface area (Å²) in [6, 6.07) is 3.85. The van der Waals surface area contributed by atoms with Crippen molar-refractivity contribution in [3.05, 3.63) is 29.1 Å². The van der Waals surface area contributed by atoms with Crippen molar-refractivity contribution >= 4 is 11.8 Å². The van der Waals surface area contributed by atoms with Crippen molar-refractivity contribution < 1.29 is 14.3 Å². The van der Waals surface area contributed by atoms with Gasteiger partial charge in [0, 0.05) is 31.3 Å². The lowest BCUT2D eigenvalue weighted by molar-refractivity contribution is -0.135. The van der Waals surface area contributed by atoms with Gasteiger partial charge in [0.1, 0.15) is 5.69 Å². The molecule has 2 N–H and O–H groups in total. The Kier molecular flexibility index (Phi) is 3.79. The second-order valence-electron chi connectivity index (χ2n) is 7.24. The third-order valence-electron chi connectivity index (χ3n) is 5.88. The lowest BCUT2D eigenvalue weighted by Crippen LogP contribution is -2.48. The number of aryl methyl sites for hydroxylation is 2. The van der Waals surface area contributed by atoms with Gasteiger partial charge in [-0.3, -0.25) is 9.59 Å². The molecule has 0 saturated carbocycles. The van der Waals surface area contributed by atoms with E-state index in [1.54, 1.807) is 4.90 Å². The Bertz CT molecular complexity index is 690. The molecule has 128 valence electrons. The molecule has 2 atom stereocenters. The molecule has 2 saturated heterocycles. The van der Waals surface area contributed by atoms with Crippen LogP contribution in [0.15, 0.2) is 12.1 Å². The van der Waals surface area contributed by atoms with Gasteiger partial charge in [0.2, 0.25) is 5.91 Å². The molecular formula is C18H23N3O3. The molecule has 6 nitrogen and oxygen atoms in total. The van der Waals surface area contributed by atoms with Crippen LogP contribution >= 0.6 is 0 Å². The molecule has 24 heavy (non-hydrogen) atoms. The van der Waals surface area contributed by atoms with E-state index in [-0.39, 0.29) is 17.7 Å². The Morgan fingerprint density at radius 1 is 1.29 bits per heavy atom. The van der Waals surface area contributed by atoms with Crippen LogP contribution in [0.3, 0.4) is 0 Å². The zero-order valence-corrected chi connectivity index (χ0v) is 13.8. The molecule has 0 aromatic carbocycles. The maximum absolute atomic E-state index is 12.9. The molecular weight excluding hydrogens is 306 g/mol. The fourth-order valence-corrected chi connectivity index (χ4v) is 4.37. The number of ether oxygens (including phenoxy) is 1. The van der Waals surface area contributed by atoms with Crippen molar-refractivity contribution in [2.75, 3.05) is 26.3 Å². The molecule has 3 heterocycles. The van der Waals surface area contributed by atoms with E-state index in [9.17, 15) is 9.59 Å². The molecule has 1 aromatic rings. The van der Waals surface area contributed by atoms with E-state index in [2.05, 4.69) is 4.98 Å². The molecule has 2 aliphatic heterocycles. The van der Waals surface area contributed by atoms with Gasteiger partial charge < -0.3 is 15.4 Å². The first-order valence-corrected chi connectivity index (χ1v) is 8.76. The van der Waals surface area contributed by atoms with Gasteiger partial charge in [-0.15, -0.1) is 0 Å². The van der Waals surface area contributed by atoms with Gasteiger partial charge in [0.15, 0.2) is 0 Å². The van der Waals surface area contributed by atoms with E-state index < -0.39 is 5.41 Å². The highest BCUT2D eigenvalue weighted by molar-refractivity contribution is 5.94. The maximum atomic E-state index is 12.9. The van der Waals surface area contributed by atoms with Crippen molar-refractivity contribution in [3.63, 3.8) is 0 Å². The average Bonchev–Trinajstić information content (AvgIpc) is 3.02. The molecule has 0 spiro atoms. The van der Waals surface area contributed by atoms with Gasteiger partial charge in [-0.05, 0) is 43.7 Å². The zero-order valence-electron chi connectivity index (χ0n) is 13.8. The number of amides is 2. The van der Waals surface area contributed by atoms with Crippen molar-refractivity contribution in [1.29, 1.82) is 0 Å². The Morgan fingerprint density at radius 2 is 2.12 bits per heavy atom. The highest BCUT2D eigenvalue weighted by Crippen LogP contribution is 2.42. The molecule has 0 radical (unpaired) electrons. The molecule has 0 unspecified atom stereocenters. The third kappa shape index (κ3) is 2.40. The fourth-order valence-electron chi connectivity index (χ4n) is 4.37. The second-order valence-corrected chi connectivity index (χ2v) is 7.24. The minimum absolute atomic E-state index is 0.00896. The predicted molar refractivity (Wildman–Crippen MR) is 87.3 cm³/mol. The van der Waals surface area contributed by atoms with Gasteiger partial charge in [-0.2, -0.15) is 0 Å². The van der Waals surface area contributed by atoms with Gasteiger partial charge in [-0.1, -0.05) is 6.07 Å². The van der Waals surface area contributed by atoms with E-state index in [1.807, 2.05) is 12.1 Å². The number of nitrogens with zero attached hydrogens (tertiary/aromatic N) is 2. The lowest BCUT2D eigenvalue weighted by Gasteiger charge is -2.34. The fraction of sp³-hybridized carbons (Fsp3) is 0.611. The first-order chi connectivity index (χ1) is 11.6. The van der Waals surface area contributed by atoms with E-state index >= 15 is 0 Å². The predicted octanol–water partition coefficient (Wildman–Crippen LogP) is 0.924. The Balaban J connectivity index is 1.58. The SMILES string of the molecule is NC(=O)[C@]12CCOC[C@H]1CN(C(=O)c1ccc3c(n1)CCCC3)C2. The lowest BCUT2D eigenvalue weighted by atomic mass is 9.74.